The van der Waals surface area contributed by atoms with Crippen LogP contribution in [-0.2, 0) is 5.54 Å². The second-order valence-electron chi connectivity index (χ2n) is 6.18. The number of anilines is 1. The first-order chi connectivity index (χ1) is 11.5. The normalized spacial score (nSPS) is 15.6. The Bertz CT molecular complexity index is 1000. The quantitative estimate of drug-likeness (QED) is 0.505. The third-order valence-electron chi connectivity index (χ3n) is 3.99. The summed E-state index contributed by atoms with van der Waals surface area (Å²) in [6.07, 6.45) is 0. The molecule has 2 heterocycles. The standard InChI is InChI=1S/C18H14ClFN2S2/c1-18(2)16-15(11-5-3-4-6-14(11)22-18)17(24-23-16)21-10-7-8-12(19)13(20)9-10/h3-9,22H,1-2H3. The molecule has 2 nitrogen and oxygen atoms in total. The Kier molecular flexibility index (Phi) is 3.75. The summed E-state index contributed by atoms with van der Waals surface area (Å²) < 4.78 is 14.6. The molecule has 0 spiro atoms. The number of rotatable bonds is 1. The van der Waals surface area contributed by atoms with Crippen molar-refractivity contribution in [2.75, 3.05) is 5.32 Å². The van der Waals surface area contributed by atoms with Crippen LogP contribution >= 0.6 is 32.3 Å². The number of para-hydroxylation sites is 1. The molecule has 0 saturated heterocycles. The van der Waals surface area contributed by atoms with Gasteiger partial charge in [0.25, 0.3) is 0 Å². The summed E-state index contributed by atoms with van der Waals surface area (Å²) in [5.41, 5.74) is 3.78. The predicted molar refractivity (Wildman–Crippen MR) is 101 cm³/mol. The lowest BCUT2D eigenvalue weighted by Crippen LogP contribution is -2.31. The second kappa shape index (κ2) is 5.69. The van der Waals surface area contributed by atoms with Crippen LogP contribution in [0.5, 0.6) is 0 Å². The van der Waals surface area contributed by atoms with E-state index in [9.17, 15) is 4.39 Å². The van der Waals surface area contributed by atoms with Crippen LogP contribution in [0.2, 0.25) is 5.02 Å². The number of nitrogens with one attached hydrogen (secondary N) is 1. The van der Waals surface area contributed by atoms with Crippen LogP contribution < -0.4 is 9.99 Å². The van der Waals surface area contributed by atoms with Gasteiger partial charge in [-0.05, 0) is 32.0 Å². The lowest BCUT2D eigenvalue weighted by Gasteiger charge is -2.33. The third kappa shape index (κ3) is 2.57. The smallest absolute Gasteiger partial charge is 0.143 e. The van der Waals surface area contributed by atoms with Crippen LogP contribution in [0, 0.1) is 5.82 Å². The lowest BCUT2D eigenvalue weighted by atomic mass is 9.90. The van der Waals surface area contributed by atoms with Crippen LogP contribution in [0.25, 0.3) is 11.1 Å². The maximum absolute atomic E-state index is 13.7. The summed E-state index contributed by atoms with van der Waals surface area (Å²) in [7, 11) is 3.33. The molecule has 0 fully saturated rings. The Morgan fingerprint density at radius 1 is 1.12 bits per heavy atom. The fourth-order valence-corrected chi connectivity index (χ4v) is 5.92. The monoisotopic (exact) mass is 376 g/mol. The molecule has 24 heavy (non-hydrogen) atoms. The highest BCUT2D eigenvalue weighted by Crippen LogP contribution is 2.45. The van der Waals surface area contributed by atoms with Gasteiger partial charge in [-0.1, -0.05) is 50.5 Å². The molecule has 0 atom stereocenters. The second-order valence-corrected chi connectivity index (χ2v) is 8.72. The maximum Gasteiger partial charge on any atom is 0.143 e. The molecule has 0 bridgehead atoms. The van der Waals surface area contributed by atoms with Crippen molar-refractivity contribution < 1.29 is 4.39 Å². The van der Waals surface area contributed by atoms with E-state index in [1.807, 2.05) is 12.1 Å². The highest BCUT2D eigenvalue weighted by molar-refractivity contribution is 7.68. The fourth-order valence-electron chi connectivity index (χ4n) is 2.87. The molecule has 6 heteroatoms. The Labute approximate surface area is 151 Å². The largest absolute Gasteiger partial charge is 0.375 e. The van der Waals surface area contributed by atoms with E-state index < -0.39 is 5.82 Å². The Hall–Kier alpha value is -1.69. The molecule has 1 aromatic heterocycles. The van der Waals surface area contributed by atoms with Crippen molar-refractivity contribution in [1.29, 1.82) is 0 Å². The van der Waals surface area contributed by atoms with Gasteiger partial charge in [-0.3, -0.25) is 0 Å². The van der Waals surface area contributed by atoms with E-state index in [2.05, 4.69) is 36.3 Å². The highest BCUT2D eigenvalue weighted by Gasteiger charge is 2.33. The minimum absolute atomic E-state index is 0.112. The van der Waals surface area contributed by atoms with Gasteiger partial charge >= 0.3 is 0 Å². The number of hydrogen-bond donors (Lipinski definition) is 1. The number of fused-ring (bicyclic) bond motifs is 3. The lowest BCUT2D eigenvalue weighted by molar-refractivity contribution is 0.619. The minimum Gasteiger partial charge on any atom is -0.375 e. The molecule has 1 aliphatic heterocycles. The molecule has 0 unspecified atom stereocenters. The van der Waals surface area contributed by atoms with Crippen molar-refractivity contribution in [3.8, 4) is 11.1 Å². The Morgan fingerprint density at radius 3 is 2.71 bits per heavy atom. The third-order valence-corrected chi connectivity index (χ3v) is 6.94. The topological polar surface area (TPSA) is 24.4 Å². The summed E-state index contributed by atoms with van der Waals surface area (Å²) in [5.74, 6) is -0.450. The van der Waals surface area contributed by atoms with Gasteiger partial charge in [0.1, 0.15) is 10.5 Å². The molecule has 2 aromatic carbocycles. The van der Waals surface area contributed by atoms with Crippen molar-refractivity contribution >= 4 is 43.7 Å². The van der Waals surface area contributed by atoms with Gasteiger partial charge in [0.05, 0.1) is 21.1 Å². The van der Waals surface area contributed by atoms with E-state index in [0.717, 1.165) is 21.5 Å². The number of hydrogen-bond acceptors (Lipinski definition) is 4. The van der Waals surface area contributed by atoms with Crippen LogP contribution in [0.4, 0.5) is 15.8 Å². The van der Waals surface area contributed by atoms with E-state index in [1.165, 1.54) is 10.9 Å². The first kappa shape index (κ1) is 15.8. The van der Waals surface area contributed by atoms with Crippen LogP contribution in [0.15, 0.2) is 47.5 Å². The SMILES string of the molecule is CC1(C)Nc2ccccc2-c2c1ssc2=Nc1ccc(Cl)c(F)c1. The molecule has 0 amide bonds. The van der Waals surface area contributed by atoms with Gasteiger partial charge in [0.2, 0.25) is 0 Å². The van der Waals surface area contributed by atoms with E-state index in [4.69, 9.17) is 11.6 Å². The summed E-state index contributed by atoms with van der Waals surface area (Å²) in [5, 5.41) is 3.70. The van der Waals surface area contributed by atoms with E-state index in [-0.39, 0.29) is 10.6 Å². The van der Waals surface area contributed by atoms with Gasteiger partial charge < -0.3 is 5.32 Å². The van der Waals surface area contributed by atoms with Crippen LogP contribution in [0.3, 0.4) is 0 Å². The molecule has 4 rings (SSSR count). The molecule has 3 aromatic rings. The van der Waals surface area contributed by atoms with Gasteiger partial charge in [-0.2, -0.15) is 0 Å². The first-order valence-corrected chi connectivity index (χ1v) is 9.99. The van der Waals surface area contributed by atoms with Gasteiger partial charge in [0.15, 0.2) is 0 Å². The molecule has 1 aliphatic rings. The maximum atomic E-state index is 13.7. The zero-order valence-electron chi connectivity index (χ0n) is 13.1. The minimum atomic E-state index is -0.450. The first-order valence-electron chi connectivity index (χ1n) is 7.47. The van der Waals surface area contributed by atoms with Gasteiger partial charge in [-0.25, -0.2) is 9.38 Å². The number of halogens is 2. The Morgan fingerprint density at radius 2 is 1.92 bits per heavy atom. The fraction of sp³-hybridized carbons (Fsp3) is 0.167. The zero-order chi connectivity index (χ0) is 16.9. The van der Waals surface area contributed by atoms with Crippen molar-refractivity contribution in [2.45, 2.75) is 19.4 Å². The Balaban J connectivity index is 1.96. The van der Waals surface area contributed by atoms with Gasteiger partial charge in [-0.15, -0.1) is 0 Å². The molecule has 122 valence electrons. The summed E-state index contributed by atoms with van der Waals surface area (Å²) in [6.45, 7) is 4.33. The highest BCUT2D eigenvalue weighted by atomic mass is 35.5. The summed E-state index contributed by atoms with van der Waals surface area (Å²) >= 11 is 5.76. The van der Waals surface area contributed by atoms with Crippen LogP contribution in [-0.4, -0.2) is 0 Å². The summed E-state index contributed by atoms with van der Waals surface area (Å²) in [4.78, 5) is 5.93. The molecule has 0 aliphatic carbocycles. The number of nitrogens with zero attached hydrogens (tertiary/aromatic N) is 1. The van der Waals surface area contributed by atoms with Crippen molar-refractivity contribution in [1.82, 2.24) is 0 Å². The van der Waals surface area contributed by atoms with Gasteiger partial charge in [0, 0.05) is 22.9 Å². The number of benzene rings is 2. The van der Waals surface area contributed by atoms with Crippen LogP contribution in [0.1, 0.15) is 18.7 Å². The average Bonchev–Trinajstić information content (AvgIpc) is 2.96. The van der Waals surface area contributed by atoms with Crippen molar-refractivity contribution in [3.05, 3.63) is 62.9 Å². The van der Waals surface area contributed by atoms with E-state index in [1.54, 1.807) is 32.8 Å². The molecule has 0 radical (unpaired) electrons. The zero-order valence-corrected chi connectivity index (χ0v) is 15.5. The summed E-state index contributed by atoms with van der Waals surface area (Å²) in [6, 6.07) is 12.9. The molecular formula is C18H14ClFN2S2. The van der Waals surface area contributed by atoms with Crippen molar-refractivity contribution in [3.63, 3.8) is 0 Å². The van der Waals surface area contributed by atoms with Crippen molar-refractivity contribution in [2.24, 2.45) is 4.99 Å². The molecular weight excluding hydrogens is 363 g/mol. The molecule has 1 N–H and O–H groups in total. The van der Waals surface area contributed by atoms with E-state index >= 15 is 0 Å². The predicted octanol–water partition coefficient (Wildman–Crippen LogP) is 6.16. The molecule has 0 saturated carbocycles. The van der Waals surface area contributed by atoms with E-state index in [0.29, 0.717) is 5.69 Å². The average molecular weight is 377 g/mol.